The lowest BCUT2D eigenvalue weighted by atomic mass is 10.2. The topological polar surface area (TPSA) is 55.3 Å². The van der Waals surface area contributed by atoms with E-state index in [0.717, 1.165) is 24.0 Å². The first-order valence-corrected chi connectivity index (χ1v) is 7.70. The van der Waals surface area contributed by atoms with E-state index in [2.05, 4.69) is 9.97 Å². The minimum Gasteiger partial charge on any atom is -0.372 e. The Kier molecular flexibility index (Phi) is 5.28. The SMILES string of the molecule is CC1CN(C(=O)CSc2nccc(C(F)(F)F)n2)CC(C)O1. The smallest absolute Gasteiger partial charge is 0.372 e. The summed E-state index contributed by atoms with van der Waals surface area (Å²) in [6.07, 6.45) is -3.58. The second kappa shape index (κ2) is 6.82. The molecule has 1 aliphatic heterocycles. The number of rotatable bonds is 3. The lowest BCUT2D eigenvalue weighted by molar-refractivity contribution is -0.141. The minimum absolute atomic E-state index is 0.000745. The zero-order valence-electron chi connectivity index (χ0n) is 12.1. The van der Waals surface area contributed by atoms with Crippen LogP contribution >= 0.6 is 11.8 Å². The number of halogens is 3. The third-order valence-electron chi connectivity index (χ3n) is 3.02. The first-order chi connectivity index (χ1) is 10.3. The van der Waals surface area contributed by atoms with E-state index in [9.17, 15) is 18.0 Å². The highest BCUT2D eigenvalue weighted by atomic mass is 32.2. The molecule has 1 fully saturated rings. The van der Waals surface area contributed by atoms with Gasteiger partial charge >= 0.3 is 6.18 Å². The number of hydrogen-bond donors (Lipinski definition) is 0. The van der Waals surface area contributed by atoms with E-state index in [1.807, 2.05) is 13.8 Å². The van der Waals surface area contributed by atoms with Crippen molar-refractivity contribution in [2.24, 2.45) is 0 Å². The third kappa shape index (κ3) is 4.57. The quantitative estimate of drug-likeness (QED) is 0.626. The lowest BCUT2D eigenvalue weighted by Gasteiger charge is -2.35. The number of carbonyl (C=O) groups excluding carboxylic acids is 1. The Balaban J connectivity index is 1.94. The fourth-order valence-corrected chi connectivity index (χ4v) is 2.90. The Labute approximate surface area is 130 Å². The number of carbonyl (C=O) groups is 1. The Morgan fingerprint density at radius 3 is 2.64 bits per heavy atom. The van der Waals surface area contributed by atoms with E-state index in [0.29, 0.717) is 13.1 Å². The van der Waals surface area contributed by atoms with Gasteiger partial charge in [-0.05, 0) is 19.9 Å². The van der Waals surface area contributed by atoms with E-state index < -0.39 is 11.9 Å². The molecule has 0 saturated carbocycles. The maximum Gasteiger partial charge on any atom is 0.433 e. The van der Waals surface area contributed by atoms with E-state index in [1.165, 1.54) is 0 Å². The van der Waals surface area contributed by atoms with Crippen LogP contribution in [0.4, 0.5) is 13.2 Å². The summed E-state index contributed by atoms with van der Waals surface area (Å²) in [5.41, 5.74) is -1.01. The van der Waals surface area contributed by atoms with Crippen LogP contribution in [-0.4, -0.2) is 51.8 Å². The molecule has 0 bridgehead atoms. The summed E-state index contributed by atoms with van der Waals surface area (Å²) in [7, 11) is 0. The molecule has 0 spiro atoms. The van der Waals surface area contributed by atoms with Gasteiger partial charge in [-0.25, -0.2) is 9.97 Å². The molecule has 0 aliphatic carbocycles. The number of amides is 1. The maximum absolute atomic E-state index is 12.6. The van der Waals surface area contributed by atoms with Gasteiger partial charge in [0.1, 0.15) is 5.69 Å². The molecule has 1 aromatic rings. The molecular weight excluding hydrogens is 319 g/mol. The van der Waals surface area contributed by atoms with Crippen molar-refractivity contribution in [2.75, 3.05) is 18.8 Å². The summed E-state index contributed by atoms with van der Waals surface area (Å²) >= 11 is 0.901. The highest BCUT2D eigenvalue weighted by molar-refractivity contribution is 7.99. The summed E-state index contributed by atoms with van der Waals surface area (Å²) < 4.78 is 43.2. The third-order valence-corrected chi connectivity index (χ3v) is 3.87. The molecule has 2 atom stereocenters. The summed E-state index contributed by atoms with van der Waals surface area (Å²) in [5, 5.41) is -0.0578. The molecule has 2 heterocycles. The van der Waals surface area contributed by atoms with Crippen LogP contribution in [0.15, 0.2) is 17.4 Å². The number of nitrogens with zero attached hydrogens (tertiary/aromatic N) is 3. The molecule has 0 radical (unpaired) electrons. The maximum atomic E-state index is 12.6. The van der Waals surface area contributed by atoms with Crippen molar-refractivity contribution in [1.82, 2.24) is 14.9 Å². The molecule has 0 aromatic carbocycles. The largest absolute Gasteiger partial charge is 0.433 e. The Bertz CT molecular complexity index is 532. The molecular formula is C13H16F3N3O2S. The molecule has 1 amide bonds. The second-order valence-corrected chi connectivity index (χ2v) is 6.01. The predicted molar refractivity (Wildman–Crippen MR) is 74.3 cm³/mol. The first kappa shape index (κ1) is 17.0. The second-order valence-electron chi connectivity index (χ2n) is 5.07. The van der Waals surface area contributed by atoms with Crippen molar-refractivity contribution in [2.45, 2.75) is 37.4 Å². The summed E-state index contributed by atoms with van der Waals surface area (Å²) in [6, 6.07) is 0.803. The lowest BCUT2D eigenvalue weighted by Crippen LogP contribution is -2.48. The molecule has 5 nitrogen and oxygen atoms in total. The number of aromatic nitrogens is 2. The number of hydrogen-bond acceptors (Lipinski definition) is 5. The number of alkyl halides is 3. The van der Waals surface area contributed by atoms with Crippen LogP contribution in [0.3, 0.4) is 0 Å². The van der Waals surface area contributed by atoms with E-state index in [4.69, 9.17) is 4.74 Å². The molecule has 1 aliphatic rings. The standard InChI is InChI=1S/C13H16F3N3O2S/c1-8-5-19(6-9(2)21-8)11(20)7-22-12-17-4-3-10(18-12)13(14,15)16/h3-4,8-9H,5-7H2,1-2H3. The first-order valence-electron chi connectivity index (χ1n) is 6.72. The molecule has 1 aromatic heterocycles. The normalized spacial score (nSPS) is 22.7. The molecule has 0 N–H and O–H groups in total. The van der Waals surface area contributed by atoms with Crippen LogP contribution in [0.2, 0.25) is 0 Å². The van der Waals surface area contributed by atoms with Crippen molar-refractivity contribution in [3.63, 3.8) is 0 Å². The minimum atomic E-state index is -4.52. The highest BCUT2D eigenvalue weighted by Crippen LogP contribution is 2.28. The molecule has 1 saturated heterocycles. The summed E-state index contributed by atoms with van der Waals surface area (Å²) in [6.45, 7) is 4.71. The monoisotopic (exact) mass is 335 g/mol. The number of thioether (sulfide) groups is 1. The fraction of sp³-hybridized carbons (Fsp3) is 0.615. The average Bonchev–Trinajstić information content (AvgIpc) is 2.43. The zero-order valence-corrected chi connectivity index (χ0v) is 12.9. The summed E-state index contributed by atoms with van der Waals surface area (Å²) in [5.74, 6) is -0.159. The van der Waals surface area contributed by atoms with E-state index in [-0.39, 0.29) is 29.0 Å². The number of ether oxygens (including phenoxy) is 1. The van der Waals surface area contributed by atoms with Crippen molar-refractivity contribution >= 4 is 17.7 Å². The van der Waals surface area contributed by atoms with Gasteiger partial charge in [0.25, 0.3) is 0 Å². The van der Waals surface area contributed by atoms with Crippen molar-refractivity contribution < 1.29 is 22.7 Å². The molecule has 22 heavy (non-hydrogen) atoms. The van der Waals surface area contributed by atoms with Crippen molar-refractivity contribution in [1.29, 1.82) is 0 Å². The van der Waals surface area contributed by atoms with Crippen LogP contribution in [0, 0.1) is 0 Å². The molecule has 2 unspecified atom stereocenters. The van der Waals surface area contributed by atoms with Crippen molar-refractivity contribution in [3.05, 3.63) is 18.0 Å². The van der Waals surface area contributed by atoms with Gasteiger partial charge in [-0.2, -0.15) is 13.2 Å². The zero-order chi connectivity index (χ0) is 16.3. The van der Waals surface area contributed by atoms with Gasteiger partial charge in [0, 0.05) is 19.3 Å². The van der Waals surface area contributed by atoms with Gasteiger partial charge in [-0.15, -0.1) is 0 Å². The predicted octanol–water partition coefficient (Wildman–Crippen LogP) is 2.22. The van der Waals surface area contributed by atoms with Crippen LogP contribution in [0.1, 0.15) is 19.5 Å². The average molecular weight is 335 g/mol. The van der Waals surface area contributed by atoms with Crippen LogP contribution in [-0.2, 0) is 15.7 Å². The van der Waals surface area contributed by atoms with Crippen LogP contribution in [0.5, 0.6) is 0 Å². The Morgan fingerprint density at radius 2 is 2.05 bits per heavy atom. The Hall–Kier alpha value is -1.35. The Morgan fingerprint density at radius 1 is 1.41 bits per heavy atom. The van der Waals surface area contributed by atoms with Crippen molar-refractivity contribution in [3.8, 4) is 0 Å². The van der Waals surface area contributed by atoms with Gasteiger partial charge < -0.3 is 9.64 Å². The fourth-order valence-electron chi connectivity index (χ4n) is 2.17. The summed E-state index contributed by atoms with van der Waals surface area (Å²) in [4.78, 5) is 20.9. The van der Waals surface area contributed by atoms with Gasteiger partial charge in [0.05, 0.1) is 18.0 Å². The molecule has 2 rings (SSSR count). The van der Waals surface area contributed by atoms with Gasteiger partial charge in [-0.3, -0.25) is 4.79 Å². The van der Waals surface area contributed by atoms with Gasteiger partial charge in [0.2, 0.25) is 5.91 Å². The molecule has 9 heteroatoms. The molecule has 122 valence electrons. The van der Waals surface area contributed by atoms with E-state index in [1.54, 1.807) is 4.90 Å². The van der Waals surface area contributed by atoms with Crippen LogP contribution in [0.25, 0.3) is 0 Å². The highest BCUT2D eigenvalue weighted by Gasteiger charge is 2.33. The van der Waals surface area contributed by atoms with Gasteiger partial charge in [0.15, 0.2) is 5.16 Å². The van der Waals surface area contributed by atoms with Gasteiger partial charge in [-0.1, -0.05) is 11.8 Å². The van der Waals surface area contributed by atoms with Crippen LogP contribution < -0.4 is 0 Å². The number of morpholine rings is 1. The van der Waals surface area contributed by atoms with E-state index >= 15 is 0 Å².